The van der Waals surface area contributed by atoms with E-state index in [1.165, 1.54) is 16.9 Å². The van der Waals surface area contributed by atoms with E-state index in [2.05, 4.69) is 29.3 Å². The van der Waals surface area contributed by atoms with Gasteiger partial charge < -0.3 is 15.6 Å². The summed E-state index contributed by atoms with van der Waals surface area (Å²) in [5.41, 5.74) is 9.72. The Hall–Kier alpha value is -3.78. The maximum absolute atomic E-state index is 12.6. The summed E-state index contributed by atoms with van der Waals surface area (Å²) in [6, 6.07) is 17.5. The van der Waals surface area contributed by atoms with Crippen molar-refractivity contribution in [3.63, 3.8) is 0 Å². The molecule has 8 heteroatoms. The number of anilines is 1. The molecule has 0 unspecified atom stereocenters. The van der Waals surface area contributed by atoms with Crippen molar-refractivity contribution >= 4 is 28.2 Å². The largest absolute Gasteiger partial charge is 0.365 e. The van der Waals surface area contributed by atoms with Gasteiger partial charge in [0.2, 0.25) is 17.6 Å². The molecular formula is C26H26N4O3S. The summed E-state index contributed by atoms with van der Waals surface area (Å²) >= 11 is 1.33. The summed E-state index contributed by atoms with van der Waals surface area (Å²) in [5.74, 6) is 0.468. The molecule has 0 saturated heterocycles. The van der Waals surface area contributed by atoms with Gasteiger partial charge in [-0.3, -0.25) is 9.59 Å². The number of nitrogens with one attached hydrogen (secondary N) is 1. The second-order valence-corrected chi connectivity index (χ2v) is 9.53. The maximum atomic E-state index is 12.6. The molecule has 0 fully saturated rings. The minimum absolute atomic E-state index is 0.129. The van der Waals surface area contributed by atoms with Gasteiger partial charge in [-0.15, -0.1) is 11.3 Å². The van der Waals surface area contributed by atoms with Crippen LogP contribution in [-0.4, -0.2) is 22.0 Å². The minimum Gasteiger partial charge on any atom is -0.365 e. The highest BCUT2D eigenvalue weighted by Gasteiger charge is 2.23. The Balaban J connectivity index is 1.44. The van der Waals surface area contributed by atoms with Crippen LogP contribution in [0.1, 0.15) is 52.9 Å². The van der Waals surface area contributed by atoms with Crippen LogP contribution >= 0.6 is 11.3 Å². The fourth-order valence-electron chi connectivity index (χ4n) is 3.72. The monoisotopic (exact) mass is 474 g/mol. The molecule has 2 amide bonds. The average Bonchev–Trinajstić information content (AvgIpc) is 3.42. The number of nitrogens with two attached hydrogens (primary N) is 1. The Morgan fingerprint density at radius 1 is 1.06 bits per heavy atom. The highest BCUT2D eigenvalue weighted by Crippen LogP contribution is 2.39. The predicted octanol–water partition coefficient (Wildman–Crippen LogP) is 5.57. The Kier molecular flexibility index (Phi) is 6.88. The van der Waals surface area contributed by atoms with E-state index in [-0.39, 0.29) is 18.7 Å². The van der Waals surface area contributed by atoms with Crippen LogP contribution in [0.4, 0.5) is 5.00 Å². The Labute approximate surface area is 202 Å². The Bertz CT molecular complexity index is 1310. The lowest BCUT2D eigenvalue weighted by Gasteiger charge is -2.06. The lowest BCUT2D eigenvalue weighted by molar-refractivity contribution is -0.116. The summed E-state index contributed by atoms with van der Waals surface area (Å²) in [5, 5.41) is 7.32. The van der Waals surface area contributed by atoms with Gasteiger partial charge in [-0.25, -0.2) is 0 Å². The van der Waals surface area contributed by atoms with Crippen molar-refractivity contribution in [3.8, 4) is 22.5 Å². The van der Waals surface area contributed by atoms with Crippen LogP contribution in [0.15, 0.2) is 59.1 Å². The molecule has 4 rings (SSSR count). The number of thiophene rings is 1. The third-order valence-electron chi connectivity index (χ3n) is 5.52. The van der Waals surface area contributed by atoms with Gasteiger partial charge in [0.1, 0.15) is 5.00 Å². The quantitative estimate of drug-likeness (QED) is 0.347. The van der Waals surface area contributed by atoms with Crippen LogP contribution < -0.4 is 11.1 Å². The number of nitrogens with zero attached hydrogens (tertiary/aromatic N) is 2. The number of primary amides is 1. The standard InChI is InChI=1S/C26H26N4O3S/c1-15(2)17-9-11-19(12-10-17)25-29-21(33-30-25)14-13-20(31)28-26-23(24(27)32)22(16(3)34-26)18-7-5-4-6-8-18/h4-12,15H,13-14H2,1-3H3,(H2,27,32)(H,28,31). The highest BCUT2D eigenvalue weighted by molar-refractivity contribution is 7.17. The summed E-state index contributed by atoms with van der Waals surface area (Å²) in [6.07, 6.45) is 0.411. The summed E-state index contributed by atoms with van der Waals surface area (Å²) in [7, 11) is 0. The number of carbonyl (C=O) groups is 2. The molecule has 0 atom stereocenters. The van der Waals surface area contributed by atoms with Gasteiger partial charge in [-0.1, -0.05) is 73.6 Å². The molecular weight excluding hydrogens is 448 g/mol. The molecule has 2 aromatic carbocycles. The van der Waals surface area contributed by atoms with Crippen molar-refractivity contribution in [1.82, 2.24) is 10.1 Å². The number of hydrogen-bond acceptors (Lipinski definition) is 6. The topological polar surface area (TPSA) is 111 Å². The Morgan fingerprint density at radius 2 is 1.76 bits per heavy atom. The molecule has 2 aromatic heterocycles. The van der Waals surface area contributed by atoms with Crippen LogP contribution in [-0.2, 0) is 11.2 Å². The highest BCUT2D eigenvalue weighted by atomic mass is 32.1. The lowest BCUT2D eigenvalue weighted by Crippen LogP contribution is -2.17. The fraction of sp³-hybridized carbons (Fsp3) is 0.231. The number of aryl methyl sites for hydroxylation is 2. The molecule has 174 valence electrons. The van der Waals surface area contributed by atoms with Gasteiger partial charge >= 0.3 is 0 Å². The predicted molar refractivity (Wildman–Crippen MR) is 134 cm³/mol. The Morgan fingerprint density at radius 3 is 2.41 bits per heavy atom. The zero-order chi connectivity index (χ0) is 24.2. The number of aromatic nitrogens is 2. The van der Waals surface area contributed by atoms with Gasteiger partial charge in [0.15, 0.2) is 0 Å². The molecule has 0 aliphatic rings. The van der Waals surface area contributed by atoms with Crippen LogP contribution in [0.5, 0.6) is 0 Å². The van der Waals surface area contributed by atoms with Crippen LogP contribution in [0, 0.1) is 6.92 Å². The first-order valence-corrected chi connectivity index (χ1v) is 11.9. The summed E-state index contributed by atoms with van der Waals surface area (Å²) in [4.78, 5) is 30.2. The van der Waals surface area contributed by atoms with E-state index >= 15 is 0 Å². The van der Waals surface area contributed by atoms with Gasteiger partial charge in [0.25, 0.3) is 5.91 Å². The number of rotatable bonds is 8. The zero-order valence-electron chi connectivity index (χ0n) is 19.3. The lowest BCUT2D eigenvalue weighted by atomic mass is 10.0. The SMILES string of the molecule is Cc1sc(NC(=O)CCc2nc(-c3ccc(C(C)C)cc3)no2)c(C(N)=O)c1-c1ccccc1. The molecule has 0 aliphatic heterocycles. The van der Waals surface area contributed by atoms with Gasteiger partial charge in [0.05, 0.1) is 5.56 Å². The fourth-order valence-corrected chi connectivity index (χ4v) is 4.82. The molecule has 7 nitrogen and oxygen atoms in total. The van der Waals surface area contributed by atoms with Crippen molar-refractivity contribution < 1.29 is 14.1 Å². The number of carbonyl (C=O) groups excluding carboxylic acids is 2. The van der Waals surface area contributed by atoms with Gasteiger partial charge in [-0.2, -0.15) is 4.98 Å². The zero-order valence-corrected chi connectivity index (χ0v) is 20.1. The van der Waals surface area contributed by atoms with Crippen molar-refractivity contribution in [3.05, 3.63) is 76.5 Å². The van der Waals surface area contributed by atoms with Crippen LogP contribution in [0.3, 0.4) is 0 Å². The van der Waals surface area contributed by atoms with E-state index in [9.17, 15) is 9.59 Å². The molecule has 34 heavy (non-hydrogen) atoms. The minimum atomic E-state index is -0.580. The molecule has 0 aliphatic carbocycles. The number of benzene rings is 2. The molecule has 3 N–H and O–H groups in total. The second kappa shape index (κ2) is 10.0. The molecule has 0 saturated carbocycles. The van der Waals surface area contributed by atoms with E-state index in [1.807, 2.05) is 61.5 Å². The summed E-state index contributed by atoms with van der Waals surface area (Å²) in [6.45, 7) is 6.18. The molecule has 0 radical (unpaired) electrons. The third kappa shape index (κ3) is 5.07. The van der Waals surface area contributed by atoms with Crippen LogP contribution in [0.25, 0.3) is 22.5 Å². The molecule has 0 spiro atoms. The number of hydrogen-bond donors (Lipinski definition) is 2. The van der Waals surface area contributed by atoms with Crippen molar-refractivity contribution in [2.45, 2.75) is 39.5 Å². The van der Waals surface area contributed by atoms with Crippen molar-refractivity contribution in [2.24, 2.45) is 5.73 Å². The van der Waals surface area contributed by atoms with Gasteiger partial charge in [-0.05, 0) is 24.0 Å². The van der Waals surface area contributed by atoms with Gasteiger partial charge in [0, 0.05) is 28.8 Å². The van der Waals surface area contributed by atoms with Crippen LogP contribution in [0.2, 0.25) is 0 Å². The molecule has 0 bridgehead atoms. The average molecular weight is 475 g/mol. The maximum Gasteiger partial charge on any atom is 0.252 e. The first-order chi connectivity index (χ1) is 16.3. The second-order valence-electron chi connectivity index (χ2n) is 8.30. The van der Waals surface area contributed by atoms with Crippen molar-refractivity contribution in [1.29, 1.82) is 0 Å². The van der Waals surface area contributed by atoms with E-state index < -0.39 is 5.91 Å². The first-order valence-electron chi connectivity index (χ1n) is 11.0. The normalized spacial score (nSPS) is 11.1. The smallest absolute Gasteiger partial charge is 0.252 e. The first kappa shape index (κ1) is 23.4. The molecule has 2 heterocycles. The third-order valence-corrected chi connectivity index (χ3v) is 6.54. The molecule has 4 aromatic rings. The van der Waals surface area contributed by atoms with E-state index in [1.54, 1.807) is 0 Å². The summed E-state index contributed by atoms with van der Waals surface area (Å²) < 4.78 is 5.33. The van der Waals surface area contributed by atoms with E-state index in [4.69, 9.17) is 10.3 Å². The number of amides is 2. The van der Waals surface area contributed by atoms with Crippen molar-refractivity contribution in [2.75, 3.05) is 5.32 Å². The van der Waals surface area contributed by atoms with E-state index in [0.717, 1.165) is 21.6 Å². The van der Waals surface area contributed by atoms with E-state index in [0.29, 0.717) is 28.2 Å².